The van der Waals surface area contributed by atoms with Crippen LogP contribution in [-0.2, 0) is 4.74 Å². The summed E-state index contributed by atoms with van der Waals surface area (Å²) in [5.41, 5.74) is 2.45. The Kier molecular flexibility index (Phi) is 8.37. The number of allylic oxidation sites excluding steroid dienone is 1. The highest BCUT2D eigenvalue weighted by Gasteiger charge is 2.59. The van der Waals surface area contributed by atoms with E-state index in [9.17, 15) is 4.79 Å². The van der Waals surface area contributed by atoms with Crippen molar-refractivity contribution in [1.29, 1.82) is 0 Å². The first-order valence-electron chi connectivity index (χ1n) is 14.4. The van der Waals surface area contributed by atoms with Crippen molar-refractivity contribution in [2.75, 3.05) is 12.3 Å². The number of hydrogen-bond donors (Lipinski definition) is 2. The Morgan fingerprint density at radius 1 is 1.12 bits per heavy atom. The maximum absolute atomic E-state index is 12.1. The summed E-state index contributed by atoms with van der Waals surface area (Å²) in [6.45, 7) is 13.1. The summed E-state index contributed by atoms with van der Waals surface area (Å²) >= 11 is 4.17. The van der Waals surface area contributed by atoms with Crippen LogP contribution in [0.5, 0.6) is 0 Å². The van der Waals surface area contributed by atoms with E-state index < -0.39 is 0 Å². The van der Waals surface area contributed by atoms with Crippen LogP contribution in [0.2, 0.25) is 0 Å². The zero-order valence-electron chi connectivity index (χ0n) is 22.6. The van der Waals surface area contributed by atoms with Crippen LogP contribution >= 0.6 is 12.6 Å². The first kappa shape index (κ1) is 26.4. The van der Waals surface area contributed by atoms with Gasteiger partial charge >= 0.3 is 6.09 Å². The Morgan fingerprint density at radius 3 is 2.65 bits per heavy atom. The maximum Gasteiger partial charge on any atom is 0.407 e. The summed E-state index contributed by atoms with van der Waals surface area (Å²) in [5.74, 6) is 5.85. The number of ether oxygens (including phenoxy) is 1. The molecular weight excluding hydrogens is 438 g/mol. The number of carbonyl (C=O) groups excluding carboxylic acids is 1. The lowest BCUT2D eigenvalue weighted by Gasteiger charge is -2.58. The molecule has 3 fully saturated rings. The summed E-state index contributed by atoms with van der Waals surface area (Å²) < 4.78 is 5.77. The van der Waals surface area contributed by atoms with Crippen LogP contribution < -0.4 is 5.32 Å². The number of nitrogens with one attached hydrogen (secondary N) is 1. The van der Waals surface area contributed by atoms with Crippen LogP contribution in [0.3, 0.4) is 0 Å². The molecule has 0 radical (unpaired) electrons. The van der Waals surface area contributed by atoms with Crippen LogP contribution in [-0.4, -0.2) is 24.5 Å². The molecule has 0 aromatic heterocycles. The average Bonchev–Trinajstić information content (AvgIpc) is 3.15. The minimum absolute atomic E-state index is 0.0344. The molecule has 34 heavy (non-hydrogen) atoms. The third kappa shape index (κ3) is 5.09. The number of carbonyl (C=O) groups is 1. The van der Waals surface area contributed by atoms with Gasteiger partial charge in [-0.25, -0.2) is 4.79 Å². The number of amides is 1. The molecule has 0 bridgehead atoms. The zero-order valence-corrected chi connectivity index (χ0v) is 23.5. The molecule has 1 N–H and O–H groups in total. The van der Waals surface area contributed by atoms with E-state index in [-0.39, 0.29) is 12.2 Å². The molecule has 0 aliphatic heterocycles. The van der Waals surface area contributed by atoms with Crippen molar-refractivity contribution in [2.24, 2.45) is 46.3 Å². The van der Waals surface area contributed by atoms with Crippen molar-refractivity contribution in [3.05, 3.63) is 11.6 Å². The van der Waals surface area contributed by atoms with Gasteiger partial charge in [-0.05, 0) is 91.3 Å². The van der Waals surface area contributed by atoms with Gasteiger partial charge in [0.2, 0.25) is 0 Å². The molecule has 0 aromatic rings. The normalized spacial score (nSPS) is 40.1. The lowest BCUT2D eigenvalue weighted by molar-refractivity contribution is -0.0581. The molecule has 0 heterocycles. The van der Waals surface area contributed by atoms with Gasteiger partial charge in [-0.2, -0.15) is 12.6 Å². The molecule has 4 rings (SSSR count). The van der Waals surface area contributed by atoms with Crippen LogP contribution in [0.25, 0.3) is 0 Å². The first-order valence-corrected chi connectivity index (χ1v) is 15.1. The molecule has 4 unspecified atom stereocenters. The summed E-state index contributed by atoms with van der Waals surface area (Å²) in [5, 5.41) is 2.81. The van der Waals surface area contributed by atoms with E-state index in [2.05, 4.69) is 58.6 Å². The average molecular weight is 490 g/mol. The fourth-order valence-corrected chi connectivity index (χ4v) is 9.22. The quantitative estimate of drug-likeness (QED) is 0.267. The minimum Gasteiger partial charge on any atom is -0.446 e. The van der Waals surface area contributed by atoms with E-state index in [1.807, 2.05) is 0 Å². The summed E-state index contributed by atoms with van der Waals surface area (Å²) in [6, 6.07) is 0. The van der Waals surface area contributed by atoms with Crippen molar-refractivity contribution in [1.82, 2.24) is 5.32 Å². The second-order valence-electron chi connectivity index (χ2n) is 13.2. The molecule has 194 valence electrons. The largest absolute Gasteiger partial charge is 0.446 e. The van der Waals surface area contributed by atoms with Crippen molar-refractivity contribution >= 4 is 18.7 Å². The van der Waals surface area contributed by atoms with Crippen molar-refractivity contribution in [3.8, 4) is 0 Å². The van der Waals surface area contributed by atoms with Crippen LogP contribution in [0, 0.1) is 46.3 Å². The van der Waals surface area contributed by atoms with Gasteiger partial charge < -0.3 is 10.1 Å². The third-order valence-electron chi connectivity index (χ3n) is 10.9. The molecule has 3 nitrogen and oxygen atoms in total. The van der Waals surface area contributed by atoms with Crippen LogP contribution in [0.15, 0.2) is 11.6 Å². The molecular formula is C30H51NO2S. The van der Waals surface area contributed by atoms with E-state index in [0.29, 0.717) is 23.1 Å². The summed E-state index contributed by atoms with van der Waals surface area (Å²) in [6.07, 6.45) is 16.7. The van der Waals surface area contributed by atoms with Gasteiger partial charge in [-0.3, -0.25) is 0 Å². The molecule has 0 saturated heterocycles. The predicted octanol–water partition coefficient (Wildman–Crippen LogP) is 8.05. The van der Waals surface area contributed by atoms with Gasteiger partial charge in [-0.15, -0.1) is 0 Å². The topological polar surface area (TPSA) is 38.3 Å². The van der Waals surface area contributed by atoms with E-state index in [1.165, 1.54) is 57.8 Å². The molecule has 4 aliphatic carbocycles. The van der Waals surface area contributed by atoms with E-state index in [4.69, 9.17) is 4.74 Å². The molecule has 0 aromatic carbocycles. The molecule has 4 heteroatoms. The third-order valence-corrected chi connectivity index (χ3v) is 11.1. The Balaban J connectivity index is 1.41. The maximum atomic E-state index is 12.1. The predicted molar refractivity (Wildman–Crippen MR) is 145 cm³/mol. The lowest BCUT2D eigenvalue weighted by Crippen LogP contribution is -2.51. The number of fused-ring (bicyclic) bond motifs is 5. The van der Waals surface area contributed by atoms with Gasteiger partial charge in [-0.1, -0.05) is 65.5 Å². The highest BCUT2D eigenvalue weighted by molar-refractivity contribution is 7.80. The molecule has 0 spiro atoms. The molecule has 1 amide bonds. The highest BCUT2D eigenvalue weighted by atomic mass is 32.1. The smallest absolute Gasteiger partial charge is 0.407 e. The Hall–Kier alpha value is -0.640. The van der Waals surface area contributed by atoms with Gasteiger partial charge in [0, 0.05) is 18.7 Å². The van der Waals surface area contributed by atoms with Crippen molar-refractivity contribution < 1.29 is 9.53 Å². The minimum atomic E-state index is -0.273. The second-order valence-corrected chi connectivity index (χ2v) is 13.7. The number of hydrogen-bond acceptors (Lipinski definition) is 3. The zero-order chi connectivity index (χ0) is 24.5. The number of alkyl carbamates (subject to hydrolysis) is 1. The Bertz CT molecular complexity index is 750. The molecule has 3 saturated carbocycles. The summed E-state index contributed by atoms with van der Waals surface area (Å²) in [7, 11) is 0. The monoisotopic (exact) mass is 489 g/mol. The van der Waals surface area contributed by atoms with Crippen LogP contribution in [0.4, 0.5) is 4.79 Å². The fourth-order valence-electron chi connectivity index (χ4n) is 9.10. The fraction of sp³-hybridized carbons (Fsp3) is 0.900. The standard InChI is InChI=1S/C30H51NO2S/c1-20(2)7-6-8-21(3)25-11-12-26-24-10-9-22-19-23(33-28(32)31-17-18-34)13-15-29(22,4)27(24)14-16-30(25,26)5/h9,20-21,23-27,34H,6-8,10-19H2,1-5H3,(H,31,32)/t21-,23+,24?,25?,26?,27?,29+,30-/m1/s1. The highest BCUT2D eigenvalue weighted by Crippen LogP contribution is 2.67. The SMILES string of the molecule is CC(C)CCC[C@@H](C)C1CCC2C3CC=C4C[C@@H](OC(=O)NCCS)CC[C@]4(C)C3CC[C@@]21C. The lowest BCUT2D eigenvalue weighted by atomic mass is 9.47. The molecule has 4 aliphatic rings. The van der Waals surface area contributed by atoms with Crippen molar-refractivity contribution in [2.45, 2.75) is 111 Å². The van der Waals surface area contributed by atoms with E-state index in [0.717, 1.165) is 48.3 Å². The number of rotatable bonds is 8. The van der Waals surface area contributed by atoms with Gasteiger partial charge in [0.1, 0.15) is 6.10 Å². The van der Waals surface area contributed by atoms with Crippen molar-refractivity contribution in [3.63, 3.8) is 0 Å². The Morgan fingerprint density at radius 2 is 1.91 bits per heavy atom. The van der Waals surface area contributed by atoms with Crippen LogP contribution in [0.1, 0.15) is 105 Å². The van der Waals surface area contributed by atoms with Gasteiger partial charge in [0.15, 0.2) is 0 Å². The Labute approximate surface area is 215 Å². The van der Waals surface area contributed by atoms with Gasteiger partial charge in [0.05, 0.1) is 0 Å². The molecule has 8 atom stereocenters. The van der Waals surface area contributed by atoms with Gasteiger partial charge in [0.25, 0.3) is 0 Å². The number of thiol groups is 1. The van der Waals surface area contributed by atoms with E-state index in [1.54, 1.807) is 5.57 Å². The second kappa shape index (κ2) is 10.8. The first-order chi connectivity index (χ1) is 16.2. The van der Waals surface area contributed by atoms with E-state index >= 15 is 0 Å². The summed E-state index contributed by atoms with van der Waals surface area (Å²) in [4.78, 5) is 12.1.